The Labute approximate surface area is 119 Å². The first-order valence-electron chi connectivity index (χ1n) is 7.16. The number of nitrogens with two attached hydrogens (primary N) is 1. The maximum atomic E-state index is 12.6. The van der Waals surface area contributed by atoms with E-state index in [1.54, 1.807) is 11.9 Å². The number of carbonyl (C=O) groups excluding carboxylic acids is 2. The van der Waals surface area contributed by atoms with E-state index in [1.807, 2.05) is 30.3 Å². The quantitative estimate of drug-likeness (QED) is 0.831. The molecule has 1 fully saturated rings. The van der Waals surface area contributed by atoms with Crippen molar-refractivity contribution in [3.8, 4) is 0 Å². The topological polar surface area (TPSA) is 63.4 Å². The Kier molecular flexibility index (Phi) is 4.42. The number of hydrogen-bond donors (Lipinski definition) is 1. The Bertz CT molecular complexity index is 479. The largest absolute Gasteiger partial charge is 0.369 e. The smallest absolute Gasteiger partial charge is 0.238 e. The van der Waals surface area contributed by atoms with Crippen LogP contribution in [0.25, 0.3) is 0 Å². The van der Waals surface area contributed by atoms with E-state index in [4.69, 9.17) is 5.73 Å². The van der Waals surface area contributed by atoms with Crippen molar-refractivity contribution in [1.29, 1.82) is 0 Å². The zero-order valence-electron chi connectivity index (χ0n) is 12.0. The standard InChI is InChI=1S/C16H22N2O2/c1-18(12-9-13-7-3-2-4-8-13)15(20)16(14(17)19)10-5-6-11-16/h2-4,7-8H,5-6,9-12H2,1H3,(H2,17,19). The molecule has 1 saturated carbocycles. The van der Waals surface area contributed by atoms with Crippen LogP contribution in [0, 0.1) is 5.41 Å². The molecule has 2 rings (SSSR count). The van der Waals surface area contributed by atoms with Gasteiger partial charge in [0.2, 0.25) is 11.8 Å². The normalized spacial score (nSPS) is 16.9. The highest BCUT2D eigenvalue weighted by Gasteiger charge is 2.47. The van der Waals surface area contributed by atoms with Crippen molar-refractivity contribution in [2.75, 3.05) is 13.6 Å². The van der Waals surface area contributed by atoms with Crippen molar-refractivity contribution in [2.24, 2.45) is 11.1 Å². The van der Waals surface area contributed by atoms with Crippen molar-refractivity contribution in [3.05, 3.63) is 35.9 Å². The summed E-state index contributed by atoms with van der Waals surface area (Å²) >= 11 is 0. The summed E-state index contributed by atoms with van der Waals surface area (Å²) in [6, 6.07) is 10.0. The number of primary amides is 1. The maximum absolute atomic E-state index is 12.6. The highest BCUT2D eigenvalue weighted by atomic mass is 16.2. The number of likely N-dealkylation sites (N-methyl/N-ethyl adjacent to an activating group) is 1. The fourth-order valence-corrected chi connectivity index (χ4v) is 2.95. The summed E-state index contributed by atoms with van der Waals surface area (Å²) in [7, 11) is 1.76. The minimum Gasteiger partial charge on any atom is -0.369 e. The van der Waals surface area contributed by atoms with E-state index in [0.717, 1.165) is 19.3 Å². The van der Waals surface area contributed by atoms with Gasteiger partial charge in [-0.1, -0.05) is 43.2 Å². The van der Waals surface area contributed by atoms with Crippen LogP contribution in [0.2, 0.25) is 0 Å². The molecule has 20 heavy (non-hydrogen) atoms. The van der Waals surface area contributed by atoms with Gasteiger partial charge in [0.25, 0.3) is 0 Å². The van der Waals surface area contributed by atoms with Crippen molar-refractivity contribution in [2.45, 2.75) is 32.1 Å². The second kappa shape index (κ2) is 6.07. The third kappa shape index (κ3) is 2.84. The fraction of sp³-hybridized carbons (Fsp3) is 0.500. The van der Waals surface area contributed by atoms with Gasteiger partial charge >= 0.3 is 0 Å². The molecular weight excluding hydrogens is 252 g/mol. The molecule has 0 aromatic heterocycles. The van der Waals surface area contributed by atoms with Crippen LogP contribution in [0.15, 0.2) is 30.3 Å². The second-order valence-corrected chi connectivity index (χ2v) is 5.62. The van der Waals surface area contributed by atoms with Crippen LogP contribution in [0.3, 0.4) is 0 Å². The van der Waals surface area contributed by atoms with Crippen molar-refractivity contribution >= 4 is 11.8 Å². The number of carbonyl (C=O) groups is 2. The van der Waals surface area contributed by atoms with E-state index < -0.39 is 11.3 Å². The van der Waals surface area contributed by atoms with Crippen molar-refractivity contribution in [3.63, 3.8) is 0 Å². The van der Waals surface area contributed by atoms with E-state index >= 15 is 0 Å². The molecule has 0 bridgehead atoms. The average molecular weight is 274 g/mol. The maximum Gasteiger partial charge on any atom is 0.238 e. The predicted octanol–water partition coefficient (Wildman–Crippen LogP) is 1.73. The second-order valence-electron chi connectivity index (χ2n) is 5.62. The molecule has 0 atom stereocenters. The first-order chi connectivity index (χ1) is 9.56. The molecule has 0 aliphatic heterocycles. The van der Waals surface area contributed by atoms with Gasteiger partial charge in [-0.25, -0.2) is 0 Å². The SMILES string of the molecule is CN(CCc1ccccc1)C(=O)C1(C(N)=O)CCCC1. The van der Waals surface area contributed by atoms with E-state index in [2.05, 4.69) is 0 Å². The lowest BCUT2D eigenvalue weighted by atomic mass is 9.83. The van der Waals surface area contributed by atoms with Gasteiger partial charge in [0.05, 0.1) is 0 Å². The van der Waals surface area contributed by atoms with Gasteiger partial charge in [-0.15, -0.1) is 0 Å². The Morgan fingerprint density at radius 3 is 2.35 bits per heavy atom. The third-order valence-corrected chi connectivity index (χ3v) is 4.26. The molecule has 0 radical (unpaired) electrons. The molecule has 0 heterocycles. The van der Waals surface area contributed by atoms with Crippen LogP contribution in [-0.2, 0) is 16.0 Å². The Hall–Kier alpha value is -1.84. The minimum absolute atomic E-state index is 0.113. The minimum atomic E-state index is -0.953. The van der Waals surface area contributed by atoms with E-state index in [1.165, 1.54) is 5.56 Å². The lowest BCUT2D eigenvalue weighted by Crippen LogP contribution is -2.49. The summed E-state index contributed by atoms with van der Waals surface area (Å²) in [5, 5.41) is 0. The molecule has 0 unspecified atom stereocenters. The molecule has 0 spiro atoms. The van der Waals surface area contributed by atoms with Gasteiger partial charge < -0.3 is 10.6 Å². The average Bonchev–Trinajstić information content (AvgIpc) is 2.96. The molecule has 2 N–H and O–H groups in total. The van der Waals surface area contributed by atoms with Crippen LogP contribution in [0.1, 0.15) is 31.2 Å². The third-order valence-electron chi connectivity index (χ3n) is 4.26. The molecule has 4 nitrogen and oxygen atoms in total. The summed E-state index contributed by atoms with van der Waals surface area (Å²) in [6.45, 7) is 0.609. The lowest BCUT2D eigenvalue weighted by molar-refractivity contribution is -0.148. The summed E-state index contributed by atoms with van der Waals surface area (Å²) in [6.07, 6.45) is 3.79. The summed E-state index contributed by atoms with van der Waals surface area (Å²) in [5.74, 6) is -0.579. The zero-order valence-corrected chi connectivity index (χ0v) is 12.0. The molecular formula is C16H22N2O2. The summed E-state index contributed by atoms with van der Waals surface area (Å²) in [5.41, 5.74) is 5.73. The molecule has 108 valence electrons. The van der Waals surface area contributed by atoms with Crippen molar-refractivity contribution < 1.29 is 9.59 Å². The van der Waals surface area contributed by atoms with Crippen LogP contribution in [-0.4, -0.2) is 30.3 Å². The van der Waals surface area contributed by atoms with Gasteiger partial charge in [-0.3, -0.25) is 9.59 Å². The summed E-state index contributed by atoms with van der Waals surface area (Å²) in [4.78, 5) is 25.9. The number of hydrogen-bond acceptors (Lipinski definition) is 2. The molecule has 1 aliphatic rings. The summed E-state index contributed by atoms with van der Waals surface area (Å²) < 4.78 is 0. The molecule has 4 heteroatoms. The molecule has 2 amide bonds. The monoisotopic (exact) mass is 274 g/mol. The Morgan fingerprint density at radius 2 is 1.80 bits per heavy atom. The molecule has 0 saturated heterocycles. The van der Waals surface area contributed by atoms with Gasteiger partial charge in [0, 0.05) is 13.6 Å². The zero-order chi connectivity index (χ0) is 14.6. The first kappa shape index (κ1) is 14.6. The first-order valence-corrected chi connectivity index (χ1v) is 7.16. The van der Waals surface area contributed by atoms with Gasteiger partial charge in [0.15, 0.2) is 0 Å². The van der Waals surface area contributed by atoms with Gasteiger partial charge in [-0.05, 0) is 24.8 Å². The number of amides is 2. The highest BCUT2D eigenvalue weighted by molar-refractivity contribution is 6.04. The van der Waals surface area contributed by atoms with Crippen molar-refractivity contribution in [1.82, 2.24) is 4.90 Å². The molecule has 1 aromatic rings. The fourth-order valence-electron chi connectivity index (χ4n) is 2.95. The number of rotatable bonds is 5. The lowest BCUT2D eigenvalue weighted by Gasteiger charge is -2.29. The Balaban J connectivity index is 1.99. The van der Waals surface area contributed by atoms with E-state index in [-0.39, 0.29) is 5.91 Å². The van der Waals surface area contributed by atoms with E-state index in [0.29, 0.717) is 19.4 Å². The Morgan fingerprint density at radius 1 is 1.20 bits per heavy atom. The van der Waals surface area contributed by atoms with Gasteiger partial charge in [0.1, 0.15) is 5.41 Å². The number of benzene rings is 1. The highest BCUT2D eigenvalue weighted by Crippen LogP contribution is 2.39. The molecule has 1 aromatic carbocycles. The number of nitrogens with zero attached hydrogens (tertiary/aromatic N) is 1. The van der Waals surface area contributed by atoms with E-state index in [9.17, 15) is 9.59 Å². The van der Waals surface area contributed by atoms with Crippen LogP contribution in [0.5, 0.6) is 0 Å². The van der Waals surface area contributed by atoms with Gasteiger partial charge in [-0.2, -0.15) is 0 Å². The van der Waals surface area contributed by atoms with Crippen LogP contribution in [0.4, 0.5) is 0 Å². The predicted molar refractivity (Wildman–Crippen MR) is 77.9 cm³/mol. The van der Waals surface area contributed by atoms with Crippen LogP contribution >= 0.6 is 0 Å². The molecule has 1 aliphatic carbocycles. The van der Waals surface area contributed by atoms with Crippen LogP contribution < -0.4 is 5.73 Å².